The van der Waals surface area contributed by atoms with Gasteiger partial charge in [-0.1, -0.05) is 30.3 Å². The molecule has 0 atom stereocenters. The maximum Gasteiger partial charge on any atom is 0.416 e. The molecule has 1 fully saturated rings. The molecule has 1 heterocycles. The van der Waals surface area contributed by atoms with Crippen molar-refractivity contribution in [2.45, 2.75) is 12.6 Å². The van der Waals surface area contributed by atoms with Crippen molar-refractivity contribution in [1.29, 1.82) is 0 Å². The van der Waals surface area contributed by atoms with Crippen molar-refractivity contribution in [3.8, 4) is 0 Å². The highest BCUT2D eigenvalue weighted by molar-refractivity contribution is 7.80. The van der Waals surface area contributed by atoms with E-state index >= 15 is 0 Å². The van der Waals surface area contributed by atoms with Crippen LogP contribution in [0.4, 0.5) is 24.5 Å². The molecule has 4 nitrogen and oxygen atoms in total. The van der Waals surface area contributed by atoms with Gasteiger partial charge in [0, 0.05) is 19.6 Å². The fraction of sp³-hybridized carbons (Fsp3) is 0.350. The predicted octanol–water partition coefficient (Wildman–Crippen LogP) is 4.07. The van der Waals surface area contributed by atoms with Gasteiger partial charge in [-0.25, -0.2) is 0 Å². The van der Waals surface area contributed by atoms with Gasteiger partial charge in [-0.3, -0.25) is 0 Å². The van der Waals surface area contributed by atoms with E-state index in [1.54, 1.807) is 0 Å². The molecule has 28 heavy (non-hydrogen) atoms. The molecular formula is C20H22F3N3OS. The number of hydrogen-bond acceptors (Lipinski definition) is 3. The van der Waals surface area contributed by atoms with Gasteiger partial charge < -0.3 is 20.3 Å². The van der Waals surface area contributed by atoms with Crippen molar-refractivity contribution < 1.29 is 17.9 Å². The minimum Gasteiger partial charge on any atom is -0.378 e. The van der Waals surface area contributed by atoms with Gasteiger partial charge in [0.05, 0.1) is 30.2 Å². The van der Waals surface area contributed by atoms with Crippen LogP contribution in [0.15, 0.2) is 48.5 Å². The fourth-order valence-corrected chi connectivity index (χ4v) is 3.24. The number of alkyl halides is 3. The topological polar surface area (TPSA) is 36.5 Å². The molecular weight excluding hydrogens is 387 g/mol. The molecule has 1 aliphatic heterocycles. The summed E-state index contributed by atoms with van der Waals surface area (Å²) in [6, 6.07) is 13.6. The summed E-state index contributed by atoms with van der Waals surface area (Å²) < 4.78 is 44.8. The van der Waals surface area contributed by atoms with Gasteiger partial charge in [0.25, 0.3) is 0 Å². The molecule has 3 rings (SSSR count). The van der Waals surface area contributed by atoms with Gasteiger partial charge in [0.1, 0.15) is 0 Å². The summed E-state index contributed by atoms with van der Waals surface area (Å²) in [7, 11) is 0. The second-order valence-electron chi connectivity index (χ2n) is 6.45. The Kier molecular flexibility index (Phi) is 6.74. The highest BCUT2D eigenvalue weighted by atomic mass is 32.1. The highest BCUT2D eigenvalue weighted by Gasteiger charge is 2.31. The third kappa shape index (κ3) is 5.59. The minimum absolute atomic E-state index is 0.296. The molecule has 0 amide bonds. The zero-order chi connectivity index (χ0) is 20.0. The van der Waals surface area contributed by atoms with Crippen molar-refractivity contribution in [1.82, 2.24) is 5.32 Å². The third-order valence-corrected chi connectivity index (χ3v) is 4.71. The molecule has 1 saturated heterocycles. The maximum atomic E-state index is 13.2. The van der Waals surface area contributed by atoms with Gasteiger partial charge in [0.2, 0.25) is 0 Å². The summed E-state index contributed by atoms with van der Waals surface area (Å²) in [6.07, 6.45) is -3.65. The smallest absolute Gasteiger partial charge is 0.378 e. The molecule has 1 aliphatic rings. The van der Waals surface area contributed by atoms with Crippen LogP contribution < -0.4 is 15.5 Å². The van der Waals surface area contributed by atoms with Crippen LogP contribution in [-0.4, -0.2) is 38.0 Å². The molecule has 0 radical (unpaired) electrons. The Morgan fingerprint density at radius 1 is 1.07 bits per heavy atom. The van der Waals surface area contributed by atoms with E-state index in [4.69, 9.17) is 17.0 Å². The lowest BCUT2D eigenvalue weighted by atomic mass is 10.1. The summed E-state index contributed by atoms with van der Waals surface area (Å²) in [5.41, 5.74) is 1.47. The third-order valence-electron chi connectivity index (χ3n) is 4.47. The van der Waals surface area contributed by atoms with E-state index in [0.29, 0.717) is 49.3 Å². The summed E-state index contributed by atoms with van der Waals surface area (Å²) >= 11 is 5.30. The number of morpholine rings is 1. The van der Waals surface area contributed by atoms with Crippen LogP contribution in [0.2, 0.25) is 0 Å². The van der Waals surface area contributed by atoms with E-state index in [9.17, 15) is 13.2 Å². The van der Waals surface area contributed by atoms with Gasteiger partial charge in [0.15, 0.2) is 5.11 Å². The molecule has 0 saturated carbocycles. The number of anilines is 2. The summed E-state index contributed by atoms with van der Waals surface area (Å²) in [4.78, 5) is 2.00. The Bertz CT molecular complexity index is 793. The first-order valence-corrected chi connectivity index (χ1v) is 9.47. The van der Waals surface area contributed by atoms with Crippen molar-refractivity contribution in [2.75, 3.05) is 43.1 Å². The molecule has 8 heteroatoms. The molecule has 2 aromatic rings. The highest BCUT2D eigenvalue weighted by Crippen LogP contribution is 2.35. The normalized spacial score (nSPS) is 14.6. The van der Waals surface area contributed by atoms with E-state index in [1.165, 1.54) is 6.07 Å². The van der Waals surface area contributed by atoms with Crippen LogP contribution in [0.1, 0.15) is 11.1 Å². The Hall–Kier alpha value is -2.32. The molecule has 2 aromatic carbocycles. The van der Waals surface area contributed by atoms with E-state index < -0.39 is 11.7 Å². The van der Waals surface area contributed by atoms with Crippen LogP contribution in [0.3, 0.4) is 0 Å². The molecule has 0 bridgehead atoms. The van der Waals surface area contributed by atoms with Crippen LogP contribution in [-0.2, 0) is 17.3 Å². The second kappa shape index (κ2) is 9.25. The van der Waals surface area contributed by atoms with E-state index in [1.807, 2.05) is 35.2 Å². The van der Waals surface area contributed by atoms with Crippen molar-refractivity contribution in [2.24, 2.45) is 0 Å². The number of hydrogen-bond donors (Lipinski definition) is 2. The van der Waals surface area contributed by atoms with Crippen molar-refractivity contribution in [3.63, 3.8) is 0 Å². The minimum atomic E-state index is -4.41. The lowest BCUT2D eigenvalue weighted by molar-refractivity contribution is -0.137. The maximum absolute atomic E-state index is 13.2. The van der Waals surface area contributed by atoms with E-state index in [2.05, 4.69) is 10.6 Å². The number of nitrogens with zero attached hydrogens (tertiary/aromatic N) is 1. The molecule has 150 valence electrons. The zero-order valence-corrected chi connectivity index (χ0v) is 16.1. The number of ether oxygens (including phenoxy) is 1. The first-order chi connectivity index (χ1) is 13.4. The summed E-state index contributed by atoms with van der Waals surface area (Å²) in [5, 5.41) is 6.30. The van der Waals surface area contributed by atoms with Crippen LogP contribution in [0, 0.1) is 0 Å². The quantitative estimate of drug-likeness (QED) is 0.728. The fourth-order valence-electron chi connectivity index (χ4n) is 3.02. The Morgan fingerprint density at radius 2 is 1.79 bits per heavy atom. The average Bonchev–Trinajstić information content (AvgIpc) is 2.69. The molecule has 0 aliphatic carbocycles. The first-order valence-electron chi connectivity index (χ1n) is 9.06. The zero-order valence-electron chi connectivity index (χ0n) is 15.3. The predicted molar refractivity (Wildman–Crippen MR) is 109 cm³/mol. The number of benzene rings is 2. The van der Waals surface area contributed by atoms with Crippen LogP contribution in [0.5, 0.6) is 0 Å². The van der Waals surface area contributed by atoms with Gasteiger partial charge >= 0.3 is 6.18 Å². The number of rotatable bonds is 5. The number of thiocarbonyl (C=S) groups is 1. The van der Waals surface area contributed by atoms with Crippen LogP contribution in [0.25, 0.3) is 0 Å². The molecule has 0 spiro atoms. The largest absolute Gasteiger partial charge is 0.416 e. The first kappa shape index (κ1) is 20.4. The summed E-state index contributed by atoms with van der Waals surface area (Å²) in [5.74, 6) is 0. The monoisotopic (exact) mass is 409 g/mol. The lowest BCUT2D eigenvalue weighted by Gasteiger charge is -2.31. The SMILES string of the molecule is FC(F)(F)c1ccc(N2CCOCC2)c(NC(=S)NCCc2ccccc2)c1. The van der Waals surface area contributed by atoms with Gasteiger partial charge in [-0.2, -0.15) is 13.2 Å². The van der Waals surface area contributed by atoms with E-state index in [0.717, 1.165) is 24.1 Å². The molecule has 0 unspecified atom stereocenters. The molecule has 2 N–H and O–H groups in total. The van der Waals surface area contributed by atoms with Crippen molar-refractivity contribution >= 4 is 28.7 Å². The average molecular weight is 409 g/mol. The van der Waals surface area contributed by atoms with Crippen molar-refractivity contribution in [3.05, 3.63) is 59.7 Å². The van der Waals surface area contributed by atoms with Crippen LogP contribution >= 0.6 is 12.2 Å². The standard InChI is InChI=1S/C20H22F3N3OS/c21-20(22,23)16-6-7-18(26-10-12-27-13-11-26)17(14-16)25-19(28)24-9-8-15-4-2-1-3-5-15/h1-7,14H,8-13H2,(H2,24,25,28). The Morgan fingerprint density at radius 3 is 2.46 bits per heavy atom. The number of nitrogens with one attached hydrogen (secondary N) is 2. The second-order valence-corrected chi connectivity index (χ2v) is 6.85. The Labute approximate surface area is 167 Å². The lowest BCUT2D eigenvalue weighted by Crippen LogP contribution is -2.37. The Balaban J connectivity index is 1.69. The molecule has 0 aromatic heterocycles. The van der Waals surface area contributed by atoms with E-state index in [-0.39, 0.29) is 0 Å². The van der Waals surface area contributed by atoms with Gasteiger partial charge in [-0.05, 0) is 42.4 Å². The number of halogens is 3. The summed E-state index contributed by atoms with van der Waals surface area (Å²) in [6.45, 7) is 2.91. The van der Waals surface area contributed by atoms with Gasteiger partial charge in [-0.15, -0.1) is 0 Å².